The Bertz CT molecular complexity index is 1710. The number of hydrogen-bond donors (Lipinski definition) is 1. The van der Waals surface area contributed by atoms with Gasteiger partial charge < -0.3 is 20.3 Å². The van der Waals surface area contributed by atoms with Gasteiger partial charge in [-0.25, -0.2) is 14.4 Å². The van der Waals surface area contributed by atoms with E-state index in [-0.39, 0.29) is 30.4 Å². The minimum Gasteiger partial charge on any atom is -0.465 e. The van der Waals surface area contributed by atoms with Gasteiger partial charge in [-0.2, -0.15) is 0 Å². The van der Waals surface area contributed by atoms with Crippen LogP contribution in [0.4, 0.5) is 21.0 Å². The highest BCUT2D eigenvalue weighted by atomic mass is 35.5. The molecule has 10 nitrogen and oxygen atoms in total. The van der Waals surface area contributed by atoms with Crippen LogP contribution in [0.1, 0.15) is 70.4 Å². The summed E-state index contributed by atoms with van der Waals surface area (Å²) in [6.07, 6.45) is 6.48. The van der Waals surface area contributed by atoms with Crippen LogP contribution in [-0.4, -0.2) is 73.4 Å². The number of ketones is 1. The Labute approximate surface area is 327 Å². The van der Waals surface area contributed by atoms with Crippen molar-refractivity contribution in [3.63, 3.8) is 0 Å². The van der Waals surface area contributed by atoms with Gasteiger partial charge in [0, 0.05) is 53.2 Å². The fourth-order valence-electron chi connectivity index (χ4n) is 6.44. The summed E-state index contributed by atoms with van der Waals surface area (Å²) in [6, 6.07) is 28.9. The molecule has 4 aromatic rings. The number of hydrogen-bond acceptors (Lipinski definition) is 6. The molecule has 0 spiro atoms. The highest BCUT2D eigenvalue weighted by molar-refractivity contribution is 6.31. The Morgan fingerprint density at radius 3 is 1.30 bits per heavy atom. The molecule has 2 heterocycles. The van der Waals surface area contributed by atoms with Crippen LogP contribution < -0.4 is 15.5 Å². The second-order valence-electron chi connectivity index (χ2n) is 13.3. The average molecular weight is 773 g/mol. The smallest absolute Gasteiger partial charge is 0.337 e. The second kappa shape index (κ2) is 20.0. The lowest BCUT2D eigenvalue weighted by Crippen LogP contribution is -2.45. The van der Waals surface area contributed by atoms with E-state index in [1.165, 1.54) is 20.0 Å². The van der Waals surface area contributed by atoms with Gasteiger partial charge in [0.1, 0.15) is 0 Å². The molecule has 54 heavy (non-hydrogen) atoms. The number of halogens is 2. The Morgan fingerprint density at radius 1 is 0.574 bits per heavy atom. The maximum Gasteiger partial charge on any atom is 0.337 e. The van der Waals surface area contributed by atoms with Gasteiger partial charge in [0.25, 0.3) is 0 Å². The third-order valence-corrected chi connectivity index (χ3v) is 10.0. The van der Waals surface area contributed by atoms with E-state index in [9.17, 15) is 19.2 Å². The van der Waals surface area contributed by atoms with Crippen LogP contribution in [0.5, 0.6) is 0 Å². The van der Waals surface area contributed by atoms with Gasteiger partial charge in [-0.3, -0.25) is 14.6 Å². The molecular weight excluding hydrogens is 725 g/mol. The number of likely N-dealkylation sites (tertiary alicyclic amines) is 2. The van der Waals surface area contributed by atoms with Crippen molar-refractivity contribution in [3.8, 4) is 0 Å². The maximum absolute atomic E-state index is 13.2. The van der Waals surface area contributed by atoms with Crippen LogP contribution in [0, 0.1) is 0 Å². The van der Waals surface area contributed by atoms with Crippen molar-refractivity contribution in [2.75, 3.05) is 49.6 Å². The van der Waals surface area contributed by atoms with Gasteiger partial charge in [-0.15, -0.1) is 0 Å². The van der Waals surface area contributed by atoms with E-state index in [4.69, 9.17) is 33.7 Å². The normalized spacial score (nSPS) is 14.0. The molecule has 2 aliphatic rings. The summed E-state index contributed by atoms with van der Waals surface area (Å²) in [4.78, 5) is 57.0. The molecule has 2 aliphatic heterocycles. The van der Waals surface area contributed by atoms with E-state index >= 15 is 0 Å². The topological polar surface area (TPSA) is 116 Å². The number of urea groups is 2. The summed E-state index contributed by atoms with van der Waals surface area (Å²) < 4.78 is 4.73. The van der Waals surface area contributed by atoms with E-state index in [1.54, 1.807) is 58.3 Å². The van der Waals surface area contributed by atoms with Crippen LogP contribution in [0.25, 0.3) is 0 Å². The molecule has 12 heteroatoms. The second-order valence-corrected chi connectivity index (χ2v) is 14.2. The molecule has 4 amide bonds. The zero-order chi connectivity index (χ0) is 38.5. The molecule has 2 saturated heterocycles. The number of nitrogens with zero attached hydrogens (tertiary/aromatic N) is 4. The summed E-state index contributed by atoms with van der Waals surface area (Å²) in [7, 11) is 1.36. The van der Waals surface area contributed by atoms with Crippen LogP contribution in [0.3, 0.4) is 0 Å². The molecule has 2 N–H and O–H groups in total. The lowest BCUT2D eigenvalue weighted by Gasteiger charge is -2.33. The summed E-state index contributed by atoms with van der Waals surface area (Å²) >= 11 is 12.0. The van der Waals surface area contributed by atoms with Crippen molar-refractivity contribution >= 4 is 58.4 Å². The Morgan fingerprint density at radius 2 is 0.944 bits per heavy atom. The monoisotopic (exact) mass is 771 g/mol. The lowest BCUT2D eigenvalue weighted by atomic mass is 10.1. The van der Waals surface area contributed by atoms with Crippen molar-refractivity contribution in [2.45, 2.75) is 51.6 Å². The average Bonchev–Trinajstić information content (AvgIpc) is 3.23. The number of piperidine rings is 2. The van der Waals surface area contributed by atoms with Crippen molar-refractivity contribution < 1.29 is 23.9 Å². The number of anilines is 2. The standard InChI is InChI=1S/C21H24ClN3O2.C21H23ClN2O3/c22-18-8-10-19(11-9-18)25(21(27)24-12-2-1-3-13-24)15-16-4-6-17(7-5-16)20(26)14-23;1-27-20(25)17-7-5-16(6-8-17)15-24(19-11-9-18(22)10-12-19)21(26)23-13-3-2-4-14-23/h4-11H,1-3,12-15,23H2;5-12H,2-4,13-15H2,1H3. The van der Waals surface area contributed by atoms with Crippen molar-refractivity contribution in [1.82, 2.24) is 9.80 Å². The maximum atomic E-state index is 13.2. The van der Waals surface area contributed by atoms with Gasteiger partial charge in [0.15, 0.2) is 5.78 Å². The number of nitrogens with two attached hydrogens (primary N) is 1. The van der Waals surface area contributed by atoms with Gasteiger partial charge in [0.05, 0.1) is 32.3 Å². The van der Waals surface area contributed by atoms with Gasteiger partial charge in [-0.1, -0.05) is 59.6 Å². The van der Waals surface area contributed by atoms with Gasteiger partial charge >= 0.3 is 18.0 Å². The molecule has 284 valence electrons. The number of rotatable bonds is 9. The molecule has 2 fully saturated rings. The summed E-state index contributed by atoms with van der Waals surface area (Å²) in [6.45, 7) is 3.96. The number of Topliss-reactive ketones (excluding diaryl/α,β-unsaturated/α-hetero) is 1. The van der Waals surface area contributed by atoms with Crippen LogP contribution in [0.15, 0.2) is 97.1 Å². The third-order valence-electron chi connectivity index (χ3n) is 9.51. The first kappa shape index (κ1) is 40.3. The Hall–Kier alpha value is -4.90. The van der Waals surface area contributed by atoms with E-state index in [0.717, 1.165) is 74.4 Å². The molecule has 0 saturated carbocycles. The molecule has 0 aliphatic carbocycles. The molecular formula is C42H47Cl2N5O5. The minimum atomic E-state index is -0.375. The SMILES string of the molecule is COC(=O)c1ccc(CN(C(=O)N2CCCCC2)c2ccc(Cl)cc2)cc1.NCC(=O)c1ccc(CN(C(=O)N2CCCCC2)c2ccc(Cl)cc2)cc1. The number of benzene rings is 4. The number of carbonyl (C=O) groups excluding carboxylic acids is 4. The number of carbonyl (C=O) groups is 4. The highest BCUT2D eigenvalue weighted by Gasteiger charge is 2.26. The van der Waals surface area contributed by atoms with E-state index in [0.29, 0.717) is 34.3 Å². The molecule has 4 aromatic carbocycles. The predicted octanol–water partition coefficient (Wildman–Crippen LogP) is 8.83. The van der Waals surface area contributed by atoms with E-state index < -0.39 is 0 Å². The molecule has 0 bridgehead atoms. The minimum absolute atomic E-state index is 0.000802. The van der Waals surface area contributed by atoms with E-state index in [2.05, 4.69) is 0 Å². The number of ether oxygens (including phenoxy) is 1. The van der Waals surface area contributed by atoms with Gasteiger partial charge in [-0.05, 0) is 110 Å². The third kappa shape index (κ3) is 11.1. The molecule has 6 rings (SSSR count). The van der Waals surface area contributed by atoms with Crippen LogP contribution in [-0.2, 0) is 17.8 Å². The predicted molar refractivity (Wildman–Crippen MR) is 215 cm³/mol. The zero-order valence-corrected chi connectivity index (χ0v) is 32.1. The van der Waals surface area contributed by atoms with E-state index in [1.807, 2.05) is 58.3 Å². The number of amides is 4. The highest BCUT2D eigenvalue weighted by Crippen LogP contribution is 2.25. The zero-order valence-electron chi connectivity index (χ0n) is 30.6. The first-order valence-corrected chi connectivity index (χ1v) is 19.1. The number of methoxy groups -OCH3 is 1. The summed E-state index contributed by atoms with van der Waals surface area (Å²) in [5, 5.41) is 1.26. The Balaban J connectivity index is 0.000000208. The van der Waals surface area contributed by atoms with Crippen molar-refractivity contribution in [1.29, 1.82) is 0 Å². The van der Waals surface area contributed by atoms with Crippen LogP contribution >= 0.6 is 23.2 Å². The lowest BCUT2D eigenvalue weighted by molar-refractivity contribution is 0.0600. The summed E-state index contributed by atoms with van der Waals surface area (Å²) in [5.41, 5.74) is 9.97. The van der Waals surface area contributed by atoms with Gasteiger partial charge in [0.2, 0.25) is 0 Å². The fraction of sp³-hybridized carbons (Fsp3) is 0.333. The first-order chi connectivity index (χ1) is 26.2. The van der Waals surface area contributed by atoms with Crippen molar-refractivity contribution in [3.05, 3.63) is 129 Å². The number of esters is 1. The fourth-order valence-corrected chi connectivity index (χ4v) is 6.69. The first-order valence-electron chi connectivity index (χ1n) is 18.3. The molecule has 0 atom stereocenters. The summed E-state index contributed by atoms with van der Waals surface area (Å²) in [5.74, 6) is -0.471. The Kier molecular flexibility index (Phi) is 14.9. The van der Waals surface area contributed by atoms with Crippen molar-refractivity contribution in [2.24, 2.45) is 5.73 Å². The molecule has 0 radical (unpaired) electrons. The molecule has 0 aromatic heterocycles. The quantitative estimate of drug-likeness (QED) is 0.134. The largest absolute Gasteiger partial charge is 0.465 e. The molecule has 0 unspecified atom stereocenters. The van der Waals surface area contributed by atoms with Crippen LogP contribution in [0.2, 0.25) is 10.0 Å².